The average molecular weight is 421 g/mol. The first-order chi connectivity index (χ1) is 15.7. The van der Waals surface area contributed by atoms with Gasteiger partial charge in [-0.15, -0.1) is 0 Å². The van der Waals surface area contributed by atoms with E-state index >= 15 is 0 Å². The summed E-state index contributed by atoms with van der Waals surface area (Å²) in [7, 11) is 0. The molecule has 0 unspecified atom stereocenters. The number of aryl methyl sites for hydroxylation is 1. The summed E-state index contributed by atoms with van der Waals surface area (Å²) >= 11 is 0. The quantitative estimate of drug-likeness (QED) is 0.367. The maximum Gasteiger partial charge on any atom is 0.319 e. The van der Waals surface area contributed by atoms with Gasteiger partial charge >= 0.3 is 6.03 Å². The zero-order valence-electron chi connectivity index (χ0n) is 17.9. The number of para-hydroxylation sites is 2. The summed E-state index contributed by atoms with van der Waals surface area (Å²) in [6.45, 7) is 3.18. The molecule has 1 heterocycles. The van der Waals surface area contributed by atoms with E-state index in [0.717, 1.165) is 38.9 Å². The van der Waals surface area contributed by atoms with Crippen LogP contribution in [0.4, 0.5) is 10.5 Å². The number of carbonyl (C=O) groups is 1. The Hall–Kier alpha value is -4.12. The lowest BCUT2D eigenvalue weighted by Crippen LogP contribution is -2.31. The molecule has 2 N–H and O–H groups in total. The first-order valence-corrected chi connectivity index (χ1v) is 10.7. The van der Waals surface area contributed by atoms with Gasteiger partial charge in [0.05, 0.1) is 11.0 Å². The summed E-state index contributed by atoms with van der Waals surface area (Å²) in [5, 5.41) is 8.14. The predicted molar refractivity (Wildman–Crippen MR) is 131 cm³/mol. The van der Waals surface area contributed by atoms with Crippen LogP contribution in [0.15, 0.2) is 91.0 Å². The molecule has 0 aliphatic heterocycles. The van der Waals surface area contributed by atoms with Crippen molar-refractivity contribution in [2.75, 3.05) is 11.9 Å². The van der Waals surface area contributed by atoms with E-state index in [4.69, 9.17) is 4.98 Å². The highest BCUT2D eigenvalue weighted by molar-refractivity contribution is 5.93. The molecule has 0 spiro atoms. The molecule has 158 valence electrons. The molecule has 5 aromatic rings. The fraction of sp³-hybridized carbons (Fsp3) is 0.111. The molecular weight excluding hydrogens is 396 g/mol. The minimum atomic E-state index is -0.221. The summed E-state index contributed by atoms with van der Waals surface area (Å²) in [5.41, 5.74) is 5.05. The molecule has 0 radical (unpaired) electrons. The largest absolute Gasteiger partial charge is 0.336 e. The fourth-order valence-electron chi connectivity index (χ4n) is 3.95. The Labute approximate surface area is 186 Å². The second-order valence-corrected chi connectivity index (χ2v) is 7.88. The van der Waals surface area contributed by atoms with Crippen LogP contribution in [0.5, 0.6) is 0 Å². The zero-order valence-corrected chi connectivity index (χ0v) is 17.9. The van der Waals surface area contributed by atoms with E-state index in [2.05, 4.69) is 58.5 Å². The first kappa shape index (κ1) is 19.8. The molecule has 0 atom stereocenters. The van der Waals surface area contributed by atoms with Gasteiger partial charge in [-0.3, -0.25) is 0 Å². The number of rotatable bonds is 5. The van der Waals surface area contributed by atoms with Gasteiger partial charge in [-0.2, -0.15) is 0 Å². The highest BCUT2D eigenvalue weighted by Crippen LogP contribution is 2.25. The van der Waals surface area contributed by atoms with Crippen molar-refractivity contribution in [1.29, 1.82) is 0 Å². The van der Waals surface area contributed by atoms with E-state index in [-0.39, 0.29) is 6.03 Å². The molecule has 0 saturated heterocycles. The molecule has 1 aromatic heterocycles. The molecule has 0 fully saturated rings. The Kier molecular flexibility index (Phi) is 5.30. The van der Waals surface area contributed by atoms with Crippen molar-refractivity contribution >= 4 is 33.5 Å². The van der Waals surface area contributed by atoms with Crippen LogP contribution in [0.1, 0.15) is 5.56 Å². The van der Waals surface area contributed by atoms with Gasteiger partial charge in [0, 0.05) is 24.3 Å². The summed E-state index contributed by atoms with van der Waals surface area (Å²) in [4.78, 5) is 17.3. The van der Waals surface area contributed by atoms with Crippen LogP contribution in [0.2, 0.25) is 0 Å². The molecule has 32 heavy (non-hydrogen) atoms. The lowest BCUT2D eigenvalue weighted by molar-refractivity contribution is 0.251. The number of fused-ring (bicyclic) bond motifs is 2. The number of hydrogen-bond donors (Lipinski definition) is 2. The number of aromatic nitrogens is 2. The van der Waals surface area contributed by atoms with Gasteiger partial charge in [-0.25, -0.2) is 9.78 Å². The minimum absolute atomic E-state index is 0.221. The molecule has 0 aliphatic rings. The van der Waals surface area contributed by atoms with Gasteiger partial charge < -0.3 is 15.2 Å². The maximum absolute atomic E-state index is 12.5. The number of anilines is 1. The molecule has 5 heteroatoms. The second kappa shape index (κ2) is 8.55. The number of carbonyl (C=O) groups excluding carboxylic acids is 1. The van der Waals surface area contributed by atoms with Gasteiger partial charge in [0.2, 0.25) is 0 Å². The number of amides is 2. The smallest absolute Gasteiger partial charge is 0.319 e. The zero-order chi connectivity index (χ0) is 21.9. The summed E-state index contributed by atoms with van der Waals surface area (Å²) in [6.07, 6.45) is 0. The molecular formula is C27H24N4O. The van der Waals surface area contributed by atoms with E-state index in [1.807, 2.05) is 54.6 Å². The molecule has 0 saturated carbocycles. The van der Waals surface area contributed by atoms with E-state index in [9.17, 15) is 4.79 Å². The first-order valence-electron chi connectivity index (χ1n) is 10.7. The van der Waals surface area contributed by atoms with Crippen molar-refractivity contribution in [3.8, 4) is 11.4 Å². The van der Waals surface area contributed by atoms with Crippen LogP contribution >= 0.6 is 0 Å². The molecule has 5 nitrogen and oxygen atoms in total. The predicted octanol–water partition coefficient (Wildman–Crippen LogP) is 5.99. The number of benzene rings is 4. The molecule has 0 bridgehead atoms. The Bertz CT molecular complexity index is 1400. The van der Waals surface area contributed by atoms with Crippen LogP contribution in [0, 0.1) is 6.92 Å². The molecule has 5 rings (SSSR count). The number of nitrogens with zero attached hydrogens (tertiary/aromatic N) is 2. The Morgan fingerprint density at radius 3 is 2.47 bits per heavy atom. The lowest BCUT2D eigenvalue weighted by Gasteiger charge is -2.12. The van der Waals surface area contributed by atoms with Crippen molar-refractivity contribution in [1.82, 2.24) is 14.9 Å². The minimum Gasteiger partial charge on any atom is -0.336 e. The SMILES string of the molecule is Cc1ccc(-c2nc3ccccc3n2CCNC(=O)Nc2ccc3ccccc3c2)cc1. The third-order valence-electron chi connectivity index (χ3n) is 5.59. The van der Waals surface area contributed by atoms with Gasteiger partial charge in [-0.1, -0.05) is 72.3 Å². The monoisotopic (exact) mass is 420 g/mol. The van der Waals surface area contributed by atoms with Gasteiger partial charge in [-0.05, 0) is 42.0 Å². The van der Waals surface area contributed by atoms with Crippen LogP contribution < -0.4 is 10.6 Å². The molecule has 4 aromatic carbocycles. The Morgan fingerprint density at radius 1 is 0.875 bits per heavy atom. The second-order valence-electron chi connectivity index (χ2n) is 7.88. The third-order valence-corrected chi connectivity index (χ3v) is 5.59. The van der Waals surface area contributed by atoms with E-state index in [0.29, 0.717) is 13.1 Å². The average Bonchev–Trinajstić information content (AvgIpc) is 3.18. The standard InChI is InChI=1S/C27H24N4O/c1-19-10-12-21(13-11-19)26-30-24-8-4-5-9-25(24)31(26)17-16-28-27(32)29-23-15-14-20-6-2-3-7-22(20)18-23/h2-15,18H,16-17H2,1H3,(H2,28,29,32). The van der Waals surface area contributed by atoms with Crippen molar-refractivity contribution in [3.63, 3.8) is 0 Å². The normalized spacial score (nSPS) is 11.0. The van der Waals surface area contributed by atoms with E-state index in [1.165, 1.54) is 5.56 Å². The summed E-state index contributed by atoms with van der Waals surface area (Å²) in [6, 6.07) is 30.2. The molecule has 0 aliphatic carbocycles. The van der Waals surface area contributed by atoms with Crippen LogP contribution in [0.3, 0.4) is 0 Å². The number of urea groups is 1. The topological polar surface area (TPSA) is 59.0 Å². The van der Waals surface area contributed by atoms with Crippen molar-refractivity contribution in [2.24, 2.45) is 0 Å². The molecule has 2 amide bonds. The van der Waals surface area contributed by atoms with Gasteiger partial charge in [0.25, 0.3) is 0 Å². The van der Waals surface area contributed by atoms with Crippen molar-refractivity contribution in [2.45, 2.75) is 13.5 Å². The summed E-state index contributed by atoms with van der Waals surface area (Å²) < 4.78 is 2.16. The number of nitrogens with one attached hydrogen (secondary N) is 2. The van der Waals surface area contributed by atoms with Crippen LogP contribution in [-0.2, 0) is 6.54 Å². The van der Waals surface area contributed by atoms with Crippen LogP contribution in [-0.4, -0.2) is 22.1 Å². The third kappa shape index (κ3) is 4.05. The highest BCUT2D eigenvalue weighted by Gasteiger charge is 2.12. The maximum atomic E-state index is 12.5. The fourth-order valence-corrected chi connectivity index (χ4v) is 3.95. The van der Waals surface area contributed by atoms with Crippen LogP contribution in [0.25, 0.3) is 33.2 Å². The number of imidazole rings is 1. The highest BCUT2D eigenvalue weighted by atomic mass is 16.2. The van der Waals surface area contributed by atoms with Gasteiger partial charge in [0.1, 0.15) is 5.82 Å². The summed E-state index contributed by atoms with van der Waals surface area (Å²) in [5.74, 6) is 0.905. The van der Waals surface area contributed by atoms with E-state index in [1.54, 1.807) is 0 Å². The number of hydrogen-bond acceptors (Lipinski definition) is 2. The Balaban J connectivity index is 1.30. The van der Waals surface area contributed by atoms with Gasteiger partial charge in [0.15, 0.2) is 0 Å². The van der Waals surface area contributed by atoms with Crippen molar-refractivity contribution in [3.05, 3.63) is 96.6 Å². The lowest BCUT2D eigenvalue weighted by atomic mass is 10.1. The Morgan fingerprint density at radius 2 is 1.62 bits per heavy atom. The van der Waals surface area contributed by atoms with E-state index < -0.39 is 0 Å². The van der Waals surface area contributed by atoms with Crippen molar-refractivity contribution < 1.29 is 4.79 Å².